The van der Waals surface area contributed by atoms with Crippen LogP contribution in [0, 0.1) is 11.8 Å². The molecule has 2 aromatic rings. The predicted octanol–water partition coefficient (Wildman–Crippen LogP) is 1.52. The van der Waals surface area contributed by atoms with Crippen LogP contribution in [0.2, 0.25) is 0 Å². The van der Waals surface area contributed by atoms with E-state index in [4.69, 9.17) is 5.21 Å². The van der Waals surface area contributed by atoms with Gasteiger partial charge in [0.2, 0.25) is 5.78 Å². The second-order valence-electron chi connectivity index (χ2n) is 4.11. The molecule has 0 radical (unpaired) electrons. The molecule has 0 spiro atoms. The molecule has 0 aliphatic carbocycles. The summed E-state index contributed by atoms with van der Waals surface area (Å²) in [6.07, 6.45) is 1.48. The Morgan fingerprint density at radius 3 is 2.75 bits per heavy atom. The number of hydrogen-bond donors (Lipinski definition) is 1. The van der Waals surface area contributed by atoms with Crippen LogP contribution in [0.1, 0.15) is 21.9 Å². The highest BCUT2D eigenvalue weighted by molar-refractivity contribution is 6.07. The second-order valence-corrected chi connectivity index (χ2v) is 4.11. The third-order valence-electron chi connectivity index (χ3n) is 2.84. The largest absolute Gasteiger partial charge is 0.475 e. The van der Waals surface area contributed by atoms with Gasteiger partial charge < -0.3 is 4.57 Å². The van der Waals surface area contributed by atoms with Crippen LogP contribution in [0.25, 0.3) is 0 Å². The van der Waals surface area contributed by atoms with Gasteiger partial charge in [-0.3, -0.25) is 4.79 Å². The minimum Gasteiger partial charge on any atom is -0.322 e. The normalized spacial score (nSPS) is 10.2. The number of carbonyl (C=O) groups excluding carboxylic acids is 1. The number of nitrogens with zero attached hydrogens (tertiary/aromatic N) is 3. The highest BCUT2D eigenvalue weighted by Gasteiger charge is 2.17. The zero-order valence-corrected chi connectivity index (χ0v) is 10.9. The van der Waals surface area contributed by atoms with Crippen LogP contribution < -0.4 is 0 Å². The molecule has 0 aliphatic heterocycles. The molecule has 0 atom stereocenters. The van der Waals surface area contributed by atoms with Crippen molar-refractivity contribution in [3.05, 3.63) is 58.5 Å². The van der Waals surface area contributed by atoms with Gasteiger partial charge in [0.25, 0.3) is 0 Å². The Morgan fingerprint density at radius 1 is 1.40 bits per heavy atom. The molecular weight excluding hydrogens is 262 g/mol. The number of ketones is 1. The van der Waals surface area contributed by atoms with E-state index < -0.39 is 5.09 Å². The lowest BCUT2D eigenvalue weighted by molar-refractivity contribution is -0.975. The Kier molecular flexibility index (Phi) is 4.09. The van der Waals surface area contributed by atoms with E-state index in [0.717, 1.165) is 0 Å². The molecule has 0 amide bonds. The summed E-state index contributed by atoms with van der Waals surface area (Å²) in [4.78, 5) is 31.1. The van der Waals surface area contributed by atoms with Crippen LogP contribution in [0.5, 0.6) is 0 Å². The first kappa shape index (κ1) is 13.7. The molecule has 0 unspecified atom stereocenters. The minimum atomic E-state index is -0.606. The van der Waals surface area contributed by atoms with Crippen molar-refractivity contribution in [3.63, 3.8) is 0 Å². The average molecular weight is 276 g/mol. The Bertz CT molecular complexity index is 622. The van der Waals surface area contributed by atoms with Crippen molar-refractivity contribution in [2.45, 2.75) is 13.5 Å². The summed E-state index contributed by atoms with van der Waals surface area (Å²) in [6, 6.07) is 8.84. The van der Waals surface area contributed by atoms with E-state index >= 15 is 0 Å². The smallest absolute Gasteiger partial charge is 0.322 e. The summed E-state index contributed by atoms with van der Waals surface area (Å²) in [5, 5.41) is 7.76. The lowest BCUT2D eigenvalue weighted by atomic mass is 10.1. The molecule has 0 saturated carbocycles. The van der Waals surface area contributed by atoms with Crippen molar-refractivity contribution in [1.29, 1.82) is 0 Å². The standard InChI is InChI=1S/C13H14N3O4/c1-10-14-9-12(15(10)7-8-20-16(18)19)13(17)11-5-3-2-4-6-11/h2-6,9H,7-8H2,1H3,(H,18,19)/q+1. The van der Waals surface area contributed by atoms with Gasteiger partial charge in [0, 0.05) is 5.56 Å². The number of rotatable bonds is 6. The summed E-state index contributed by atoms with van der Waals surface area (Å²) in [5.41, 5.74) is 0.967. The van der Waals surface area contributed by atoms with Crippen LogP contribution in [0.4, 0.5) is 0 Å². The first-order chi connectivity index (χ1) is 9.59. The summed E-state index contributed by atoms with van der Waals surface area (Å²) in [5.74, 6) is 0.470. The Hall–Kier alpha value is -2.70. The third kappa shape index (κ3) is 3.00. The average Bonchev–Trinajstić information content (AvgIpc) is 2.80. The quantitative estimate of drug-likeness (QED) is 0.638. The number of imidazole rings is 1. The summed E-state index contributed by atoms with van der Waals surface area (Å²) in [6.45, 7) is 1.92. The van der Waals surface area contributed by atoms with Gasteiger partial charge in [-0.2, -0.15) is 4.84 Å². The zero-order valence-electron chi connectivity index (χ0n) is 10.9. The van der Waals surface area contributed by atoms with Gasteiger partial charge in [-0.05, 0) is 6.92 Å². The van der Waals surface area contributed by atoms with E-state index in [9.17, 15) is 9.70 Å². The van der Waals surface area contributed by atoms with Gasteiger partial charge >= 0.3 is 5.09 Å². The van der Waals surface area contributed by atoms with Crippen molar-refractivity contribution >= 4 is 5.78 Å². The molecule has 0 saturated heterocycles. The van der Waals surface area contributed by atoms with Crippen molar-refractivity contribution in [3.8, 4) is 0 Å². The number of aryl methyl sites for hydroxylation is 1. The van der Waals surface area contributed by atoms with Crippen molar-refractivity contribution in [2.75, 3.05) is 6.61 Å². The van der Waals surface area contributed by atoms with Gasteiger partial charge in [0.15, 0.2) is 6.61 Å². The van der Waals surface area contributed by atoms with E-state index in [2.05, 4.69) is 9.82 Å². The Balaban J connectivity index is 2.20. The molecule has 2 rings (SSSR count). The summed E-state index contributed by atoms with van der Waals surface area (Å²) in [7, 11) is 0. The molecule has 0 fully saturated rings. The van der Waals surface area contributed by atoms with Crippen molar-refractivity contribution < 1.29 is 19.9 Å². The lowest BCUT2D eigenvalue weighted by Crippen LogP contribution is -2.16. The van der Waals surface area contributed by atoms with Crippen LogP contribution in [-0.2, 0) is 11.4 Å². The van der Waals surface area contributed by atoms with E-state index in [1.54, 1.807) is 35.8 Å². The van der Waals surface area contributed by atoms with E-state index in [1.165, 1.54) is 6.20 Å². The fraction of sp³-hybridized carbons (Fsp3) is 0.231. The molecule has 0 bridgehead atoms. The van der Waals surface area contributed by atoms with Gasteiger partial charge in [-0.15, -0.1) is 0 Å². The molecule has 1 heterocycles. The van der Waals surface area contributed by atoms with Crippen LogP contribution >= 0.6 is 0 Å². The molecule has 1 N–H and O–H groups in total. The minimum absolute atomic E-state index is 0.0632. The predicted molar refractivity (Wildman–Crippen MR) is 68.2 cm³/mol. The monoisotopic (exact) mass is 276 g/mol. The summed E-state index contributed by atoms with van der Waals surface area (Å²) >= 11 is 0. The summed E-state index contributed by atoms with van der Waals surface area (Å²) < 4.78 is 1.64. The van der Waals surface area contributed by atoms with Crippen LogP contribution in [0.15, 0.2) is 36.5 Å². The van der Waals surface area contributed by atoms with Gasteiger partial charge in [-0.25, -0.2) is 10.2 Å². The highest BCUT2D eigenvalue weighted by Crippen LogP contribution is 2.11. The molecular formula is C13H14N3O4+. The molecule has 7 heteroatoms. The topological polar surface area (TPSA) is 84.4 Å². The molecule has 7 nitrogen and oxygen atoms in total. The molecule has 104 valence electrons. The van der Waals surface area contributed by atoms with Gasteiger partial charge in [0.1, 0.15) is 16.4 Å². The van der Waals surface area contributed by atoms with E-state index in [-0.39, 0.29) is 18.9 Å². The molecule has 0 aliphatic rings. The Morgan fingerprint density at radius 2 is 2.10 bits per heavy atom. The maximum absolute atomic E-state index is 12.4. The van der Waals surface area contributed by atoms with Gasteiger partial charge in [0.05, 0.1) is 12.7 Å². The van der Waals surface area contributed by atoms with Crippen molar-refractivity contribution in [2.24, 2.45) is 0 Å². The first-order valence-electron chi connectivity index (χ1n) is 6.00. The van der Waals surface area contributed by atoms with E-state index in [1.807, 2.05) is 6.07 Å². The van der Waals surface area contributed by atoms with Crippen LogP contribution in [-0.4, -0.2) is 32.2 Å². The number of aromatic nitrogens is 2. The maximum Gasteiger partial charge on any atom is 0.475 e. The SMILES string of the molecule is Cc1ncc(C(=O)c2ccccc2)n1CCO[N+](=O)O. The molecule has 1 aromatic heterocycles. The zero-order chi connectivity index (χ0) is 14.5. The fourth-order valence-electron chi connectivity index (χ4n) is 1.88. The second kappa shape index (κ2) is 5.96. The van der Waals surface area contributed by atoms with Crippen LogP contribution in [0.3, 0.4) is 0 Å². The lowest BCUT2D eigenvalue weighted by Gasteiger charge is -2.07. The number of benzene rings is 1. The molecule has 1 aromatic carbocycles. The number of carbonyl (C=O) groups is 1. The highest BCUT2D eigenvalue weighted by atomic mass is 16.9. The van der Waals surface area contributed by atoms with Gasteiger partial charge in [-0.1, -0.05) is 30.3 Å². The number of hydrogen-bond acceptors (Lipinski definition) is 4. The Labute approximate surface area is 114 Å². The van der Waals surface area contributed by atoms with Crippen molar-refractivity contribution in [1.82, 2.24) is 9.55 Å². The first-order valence-corrected chi connectivity index (χ1v) is 6.00. The third-order valence-corrected chi connectivity index (χ3v) is 2.84. The fourth-order valence-corrected chi connectivity index (χ4v) is 1.88. The van der Waals surface area contributed by atoms with E-state index in [0.29, 0.717) is 17.1 Å². The molecule has 20 heavy (non-hydrogen) atoms. The maximum atomic E-state index is 12.4.